The second-order valence-corrected chi connectivity index (χ2v) is 4.77. The lowest BCUT2D eigenvalue weighted by molar-refractivity contribution is -0.167. The number of aromatic nitrogens is 1. The molecule has 0 aliphatic rings. The Morgan fingerprint density at radius 1 is 1.33 bits per heavy atom. The highest BCUT2D eigenvalue weighted by molar-refractivity contribution is 8.00. The summed E-state index contributed by atoms with van der Waals surface area (Å²) in [7, 11) is 0. The molecule has 0 saturated carbocycles. The van der Waals surface area contributed by atoms with Gasteiger partial charge in [-0.2, -0.15) is 31.6 Å². The van der Waals surface area contributed by atoms with E-state index in [2.05, 4.69) is 4.98 Å². The molecule has 0 atom stereocenters. The van der Waals surface area contributed by atoms with Crippen LogP contribution in [0.25, 0.3) is 0 Å². The van der Waals surface area contributed by atoms with E-state index in [4.69, 9.17) is 5.26 Å². The van der Waals surface area contributed by atoms with Crippen molar-refractivity contribution in [2.24, 2.45) is 0 Å². The lowest BCUT2D eigenvalue weighted by Crippen LogP contribution is -2.24. The first-order chi connectivity index (χ1) is 9.46. The minimum absolute atomic E-state index is 0.122. The van der Waals surface area contributed by atoms with Gasteiger partial charge in [-0.05, 0) is 13.0 Å². The fourth-order valence-electron chi connectivity index (χ4n) is 1.30. The van der Waals surface area contributed by atoms with E-state index < -0.39 is 40.0 Å². The number of carbonyl (C=O) groups is 1. The minimum atomic E-state index is -5.09. The molecule has 0 aliphatic carbocycles. The molecule has 10 heteroatoms. The number of halogens is 6. The smallest absolute Gasteiger partial charge is 0.289 e. The molecule has 0 amide bonds. The molecule has 114 valence electrons. The van der Waals surface area contributed by atoms with Gasteiger partial charge >= 0.3 is 12.4 Å². The molecule has 0 N–H and O–H groups in total. The summed E-state index contributed by atoms with van der Waals surface area (Å²) in [6.07, 6.45) is -9.93. The van der Waals surface area contributed by atoms with E-state index in [0.29, 0.717) is 6.07 Å². The van der Waals surface area contributed by atoms with Crippen LogP contribution in [0.2, 0.25) is 0 Å². The van der Waals surface area contributed by atoms with Crippen LogP contribution in [0.3, 0.4) is 0 Å². The van der Waals surface area contributed by atoms with Gasteiger partial charge in [0.2, 0.25) is 5.78 Å². The summed E-state index contributed by atoms with van der Waals surface area (Å²) in [6.45, 7) is 1.20. The van der Waals surface area contributed by atoms with Crippen LogP contribution in [0.1, 0.15) is 16.8 Å². The zero-order valence-corrected chi connectivity index (χ0v) is 11.1. The van der Waals surface area contributed by atoms with E-state index in [1.165, 1.54) is 13.0 Å². The molecule has 1 rings (SSSR count). The first kappa shape index (κ1) is 17.3. The number of carbonyl (C=O) groups excluding carboxylic acids is 1. The highest BCUT2D eigenvalue weighted by atomic mass is 32.2. The number of alkyl halides is 6. The Hall–Kier alpha value is -1.76. The summed E-state index contributed by atoms with van der Waals surface area (Å²) >= 11 is 0.148. The molecule has 0 bridgehead atoms. The summed E-state index contributed by atoms with van der Waals surface area (Å²) in [5, 5.41) is 8.21. The van der Waals surface area contributed by atoms with Gasteiger partial charge in [-0.3, -0.25) is 4.79 Å². The third-order valence-electron chi connectivity index (χ3n) is 2.19. The monoisotopic (exact) mass is 328 g/mol. The quantitative estimate of drug-likeness (QED) is 0.629. The summed E-state index contributed by atoms with van der Waals surface area (Å²) < 4.78 is 74.4. The highest BCUT2D eigenvalue weighted by Crippen LogP contribution is 2.36. The molecule has 21 heavy (non-hydrogen) atoms. The SMILES string of the molecule is Cc1cc(C(F)(F)F)c(C#N)c(SCC(=O)C(F)(F)F)n1. The Balaban J connectivity index is 3.17. The van der Waals surface area contributed by atoms with Crippen molar-refractivity contribution in [3.05, 3.63) is 22.9 Å². The summed E-state index contributed by atoms with van der Waals surface area (Å²) in [5.74, 6) is -3.26. The van der Waals surface area contributed by atoms with Gasteiger partial charge in [-0.1, -0.05) is 11.8 Å². The van der Waals surface area contributed by atoms with Gasteiger partial charge in [-0.25, -0.2) is 4.98 Å². The summed E-state index contributed by atoms with van der Waals surface area (Å²) in [5.41, 5.74) is -2.31. The van der Waals surface area contributed by atoms with Crippen LogP contribution >= 0.6 is 11.8 Å². The second-order valence-electron chi connectivity index (χ2n) is 3.81. The van der Waals surface area contributed by atoms with Gasteiger partial charge in [0, 0.05) is 5.69 Å². The third kappa shape index (κ3) is 4.35. The standard InChI is InChI=1S/C11H6F6N2OS/c1-5-2-7(10(12,13)14)6(3-18)9(19-5)21-4-8(20)11(15,16)17/h2H,4H2,1H3. The van der Waals surface area contributed by atoms with Crippen molar-refractivity contribution >= 4 is 17.5 Å². The van der Waals surface area contributed by atoms with Gasteiger partial charge in [0.25, 0.3) is 0 Å². The number of aryl methyl sites for hydroxylation is 1. The number of thioether (sulfide) groups is 1. The number of pyridine rings is 1. The predicted octanol–water partition coefficient (Wildman–Crippen LogP) is 3.50. The molecule has 0 radical (unpaired) electrons. The van der Waals surface area contributed by atoms with Crippen molar-refractivity contribution in [3.63, 3.8) is 0 Å². The normalized spacial score (nSPS) is 12.1. The van der Waals surface area contributed by atoms with E-state index >= 15 is 0 Å². The fourth-order valence-corrected chi connectivity index (χ4v) is 2.24. The average Bonchev–Trinajstić information content (AvgIpc) is 2.32. The van der Waals surface area contributed by atoms with Gasteiger partial charge < -0.3 is 0 Å². The Morgan fingerprint density at radius 3 is 2.33 bits per heavy atom. The van der Waals surface area contributed by atoms with Crippen LogP contribution in [-0.4, -0.2) is 22.7 Å². The van der Waals surface area contributed by atoms with Gasteiger partial charge in [-0.15, -0.1) is 0 Å². The van der Waals surface area contributed by atoms with Crippen molar-refractivity contribution in [2.75, 3.05) is 5.75 Å². The first-order valence-corrected chi connectivity index (χ1v) is 6.17. The maximum atomic E-state index is 12.7. The van der Waals surface area contributed by atoms with Crippen molar-refractivity contribution in [1.82, 2.24) is 4.98 Å². The Labute approximate surface area is 119 Å². The second kappa shape index (κ2) is 5.93. The molecule has 0 saturated heterocycles. The molecule has 0 unspecified atom stereocenters. The molecule has 1 aromatic rings. The predicted molar refractivity (Wildman–Crippen MR) is 60.5 cm³/mol. The van der Waals surface area contributed by atoms with Crippen LogP contribution in [0.15, 0.2) is 11.1 Å². The van der Waals surface area contributed by atoms with Crippen molar-refractivity contribution in [2.45, 2.75) is 24.3 Å². The van der Waals surface area contributed by atoms with Gasteiger partial charge in [0.05, 0.1) is 16.9 Å². The molecule has 0 spiro atoms. The van der Waals surface area contributed by atoms with Gasteiger partial charge in [0.15, 0.2) is 0 Å². The number of nitrogens with zero attached hydrogens (tertiary/aromatic N) is 2. The topological polar surface area (TPSA) is 53.8 Å². The summed E-state index contributed by atoms with van der Waals surface area (Å²) in [6, 6.07) is 1.88. The van der Waals surface area contributed by atoms with E-state index in [9.17, 15) is 31.1 Å². The maximum Gasteiger partial charge on any atom is 0.450 e. The molecule has 1 aromatic heterocycles. The Bertz CT molecular complexity index is 602. The third-order valence-corrected chi connectivity index (χ3v) is 3.16. The van der Waals surface area contributed by atoms with E-state index in [1.807, 2.05) is 0 Å². The average molecular weight is 328 g/mol. The Morgan fingerprint density at radius 2 is 1.90 bits per heavy atom. The van der Waals surface area contributed by atoms with Crippen molar-refractivity contribution in [3.8, 4) is 6.07 Å². The van der Waals surface area contributed by atoms with Crippen LogP contribution < -0.4 is 0 Å². The van der Waals surface area contributed by atoms with Gasteiger partial charge in [0.1, 0.15) is 11.1 Å². The number of rotatable bonds is 3. The Kier molecular flexibility index (Phi) is 4.88. The first-order valence-electron chi connectivity index (χ1n) is 5.18. The summed E-state index contributed by atoms with van der Waals surface area (Å²) in [4.78, 5) is 14.3. The molecule has 3 nitrogen and oxygen atoms in total. The van der Waals surface area contributed by atoms with Crippen molar-refractivity contribution < 1.29 is 31.1 Å². The molecule has 0 aliphatic heterocycles. The van der Waals surface area contributed by atoms with E-state index in [1.54, 1.807) is 0 Å². The van der Waals surface area contributed by atoms with E-state index in [0.717, 1.165) is 0 Å². The van der Waals surface area contributed by atoms with Crippen molar-refractivity contribution in [1.29, 1.82) is 5.26 Å². The van der Waals surface area contributed by atoms with Crippen LogP contribution in [0.5, 0.6) is 0 Å². The molecular formula is C11H6F6N2OS. The molecular weight excluding hydrogens is 322 g/mol. The largest absolute Gasteiger partial charge is 0.450 e. The number of ketones is 1. The highest BCUT2D eigenvalue weighted by Gasteiger charge is 2.39. The number of Topliss-reactive ketones (excluding diaryl/α,β-unsaturated/α-hetero) is 1. The maximum absolute atomic E-state index is 12.7. The zero-order valence-electron chi connectivity index (χ0n) is 10.3. The molecule has 0 aromatic carbocycles. The van der Waals surface area contributed by atoms with E-state index in [-0.39, 0.29) is 17.5 Å². The zero-order chi connectivity index (χ0) is 16.4. The minimum Gasteiger partial charge on any atom is -0.289 e. The molecule has 0 fully saturated rings. The number of hydrogen-bond donors (Lipinski definition) is 0. The molecule has 1 heterocycles. The lowest BCUT2D eigenvalue weighted by Gasteiger charge is -2.12. The van der Waals surface area contributed by atoms with Crippen LogP contribution in [0.4, 0.5) is 26.3 Å². The van der Waals surface area contributed by atoms with Crippen LogP contribution in [0, 0.1) is 18.3 Å². The number of nitriles is 1. The fraction of sp³-hybridized carbons (Fsp3) is 0.364. The number of hydrogen-bond acceptors (Lipinski definition) is 4. The lowest BCUT2D eigenvalue weighted by atomic mass is 10.1. The van der Waals surface area contributed by atoms with Crippen LogP contribution in [-0.2, 0) is 11.0 Å².